The van der Waals surface area contributed by atoms with Crippen LogP contribution in [0.15, 0.2) is 17.1 Å². The highest BCUT2D eigenvalue weighted by molar-refractivity contribution is 5.62. The molecular formula is C19H31N3O. The second-order valence-electron chi connectivity index (χ2n) is 7.31. The first-order valence-electron chi connectivity index (χ1n) is 8.77. The van der Waals surface area contributed by atoms with Crippen molar-refractivity contribution < 1.29 is 4.74 Å². The third-order valence-corrected chi connectivity index (χ3v) is 4.85. The van der Waals surface area contributed by atoms with Gasteiger partial charge in [0.25, 0.3) is 0 Å². The zero-order valence-corrected chi connectivity index (χ0v) is 15.4. The molecule has 0 aliphatic heterocycles. The molecule has 1 aliphatic carbocycles. The van der Waals surface area contributed by atoms with Gasteiger partial charge in [0, 0.05) is 19.2 Å². The molecule has 1 heterocycles. The summed E-state index contributed by atoms with van der Waals surface area (Å²) >= 11 is 0. The molecule has 23 heavy (non-hydrogen) atoms. The van der Waals surface area contributed by atoms with E-state index >= 15 is 0 Å². The van der Waals surface area contributed by atoms with E-state index in [1.807, 2.05) is 32.4 Å². The summed E-state index contributed by atoms with van der Waals surface area (Å²) in [5, 5.41) is 0. The molecule has 3 unspecified atom stereocenters. The zero-order chi connectivity index (χ0) is 17.0. The van der Waals surface area contributed by atoms with Crippen LogP contribution in [0.1, 0.15) is 52.7 Å². The van der Waals surface area contributed by atoms with E-state index in [9.17, 15) is 0 Å². The van der Waals surface area contributed by atoms with Crippen LogP contribution >= 0.6 is 0 Å². The smallest absolute Gasteiger partial charge is 0.213 e. The third-order valence-electron chi connectivity index (χ3n) is 4.85. The summed E-state index contributed by atoms with van der Waals surface area (Å²) in [6.07, 6.45) is 5.77. The fourth-order valence-corrected chi connectivity index (χ4v) is 2.99. The number of aryl methyl sites for hydroxylation is 1. The normalized spacial score (nSPS) is 25.1. The number of ether oxygens (including phenoxy) is 1. The molecule has 0 amide bonds. The predicted octanol–water partition coefficient (Wildman–Crippen LogP) is 4.59. The first-order valence-corrected chi connectivity index (χ1v) is 8.77. The molecule has 1 saturated carbocycles. The quantitative estimate of drug-likeness (QED) is 0.588. The van der Waals surface area contributed by atoms with Crippen molar-refractivity contribution in [3.63, 3.8) is 0 Å². The Hall–Kier alpha value is -1.58. The molecule has 1 fully saturated rings. The van der Waals surface area contributed by atoms with Gasteiger partial charge < -0.3 is 9.64 Å². The van der Waals surface area contributed by atoms with E-state index in [4.69, 9.17) is 4.74 Å². The van der Waals surface area contributed by atoms with Crippen molar-refractivity contribution in [1.29, 1.82) is 0 Å². The SMILES string of the molecule is Cc1nc(OC2CCC(C)CC2C)ccc1N=CN(C)C(C)C. The molecule has 1 aromatic heterocycles. The van der Waals surface area contributed by atoms with Crippen LogP contribution in [-0.4, -0.2) is 35.4 Å². The Morgan fingerprint density at radius 3 is 2.65 bits per heavy atom. The van der Waals surface area contributed by atoms with Crippen LogP contribution in [0.3, 0.4) is 0 Å². The molecule has 0 aromatic carbocycles. The number of rotatable bonds is 5. The van der Waals surface area contributed by atoms with Gasteiger partial charge in [0.2, 0.25) is 5.88 Å². The minimum absolute atomic E-state index is 0.291. The van der Waals surface area contributed by atoms with Gasteiger partial charge in [0.15, 0.2) is 0 Å². The minimum atomic E-state index is 0.291. The van der Waals surface area contributed by atoms with Crippen LogP contribution in [0.2, 0.25) is 0 Å². The highest BCUT2D eigenvalue weighted by atomic mass is 16.5. The third kappa shape index (κ3) is 4.95. The van der Waals surface area contributed by atoms with Gasteiger partial charge in [-0.05, 0) is 57.9 Å². The molecular weight excluding hydrogens is 286 g/mol. The van der Waals surface area contributed by atoms with Gasteiger partial charge in [-0.1, -0.05) is 13.8 Å². The largest absolute Gasteiger partial charge is 0.474 e. The molecule has 3 atom stereocenters. The summed E-state index contributed by atoms with van der Waals surface area (Å²) in [5.41, 5.74) is 1.81. The molecule has 2 rings (SSSR count). The molecule has 0 radical (unpaired) electrons. The summed E-state index contributed by atoms with van der Waals surface area (Å²) in [6, 6.07) is 4.38. The van der Waals surface area contributed by atoms with E-state index in [-0.39, 0.29) is 0 Å². The van der Waals surface area contributed by atoms with Gasteiger partial charge in [-0.3, -0.25) is 0 Å². The van der Waals surface area contributed by atoms with Crippen molar-refractivity contribution in [3.8, 4) is 5.88 Å². The molecule has 4 heteroatoms. The summed E-state index contributed by atoms with van der Waals surface area (Å²) in [4.78, 5) is 11.2. The lowest BCUT2D eigenvalue weighted by molar-refractivity contribution is 0.0781. The van der Waals surface area contributed by atoms with Crippen LogP contribution in [0.25, 0.3) is 0 Å². The lowest BCUT2D eigenvalue weighted by Crippen LogP contribution is -2.31. The van der Waals surface area contributed by atoms with Crippen LogP contribution in [-0.2, 0) is 0 Å². The molecule has 128 valence electrons. The first-order chi connectivity index (χ1) is 10.9. The van der Waals surface area contributed by atoms with Crippen molar-refractivity contribution in [3.05, 3.63) is 17.8 Å². The maximum Gasteiger partial charge on any atom is 0.213 e. The standard InChI is InChI=1S/C19H31N3O/c1-13(2)22(6)12-20-17-8-10-19(21-16(17)5)23-18-9-7-14(3)11-15(18)4/h8,10,12-15,18H,7,9,11H2,1-6H3. The fraction of sp³-hybridized carbons (Fsp3) is 0.684. The molecule has 0 N–H and O–H groups in total. The Kier molecular flexibility index (Phi) is 6.03. The number of pyridine rings is 1. The summed E-state index contributed by atoms with van der Waals surface area (Å²) in [6.45, 7) is 10.9. The lowest BCUT2D eigenvalue weighted by Gasteiger charge is -2.32. The second kappa shape index (κ2) is 7.80. The number of nitrogens with zero attached hydrogens (tertiary/aromatic N) is 3. The van der Waals surface area contributed by atoms with Crippen molar-refractivity contribution >= 4 is 12.0 Å². The van der Waals surface area contributed by atoms with Gasteiger partial charge in [-0.2, -0.15) is 0 Å². The maximum absolute atomic E-state index is 6.14. The number of hydrogen-bond acceptors (Lipinski definition) is 3. The van der Waals surface area contributed by atoms with Gasteiger partial charge in [0.1, 0.15) is 6.10 Å². The van der Waals surface area contributed by atoms with E-state index in [1.165, 1.54) is 12.8 Å². The first kappa shape index (κ1) is 17.8. The van der Waals surface area contributed by atoms with Gasteiger partial charge in [-0.15, -0.1) is 0 Å². The van der Waals surface area contributed by atoms with Gasteiger partial charge in [-0.25, -0.2) is 9.98 Å². The Balaban J connectivity index is 2.02. The van der Waals surface area contributed by atoms with Crippen LogP contribution < -0.4 is 4.74 Å². The van der Waals surface area contributed by atoms with Crippen molar-refractivity contribution in [2.75, 3.05) is 7.05 Å². The Morgan fingerprint density at radius 1 is 1.30 bits per heavy atom. The van der Waals surface area contributed by atoms with Crippen molar-refractivity contribution in [1.82, 2.24) is 9.88 Å². The van der Waals surface area contributed by atoms with Gasteiger partial charge >= 0.3 is 0 Å². The molecule has 0 bridgehead atoms. The summed E-state index contributed by atoms with van der Waals surface area (Å²) in [7, 11) is 2.03. The van der Waals surface area contributed by atoms with E-state index in [2.05, 4.69) is 42.6 Å². The minimum Gasteiger partial charge on any atom is -0.474 e. The lowest BCUT2D eigenvalue weighted by atomic mass is 9.81. The van der Waals surface area contributed by atoms with Crippen molar-refractivity contribution in [2.24, 2.45) is 16.8 Å². The summed E-state index contributed by atoms with van der Waals surface area (Å²) < 4.78 is 6.14. The monoisotopic (exact) mass is 317 g/mol. The fourth-order valence-electron chi connectivity index (χ4n) is 2.99. The number of aromatic nitrogens is 1. The highest BCUT2D eigenvalue weighted by Gasteiger charge is 2.27. The van der Waals surface area contributed by atoms with Crippen molar-refractivity contribution in [2.45, 2.75) is 66.0 Å². The predicted molar refractivity (Wildman–Crippen MR) is 96.6 cm³/mol. The van der Waals surface area contributed by atoms with Crippen LogP contribution in [0.5, 0.6) is 5.88 Å². The van der Waals surface area contributed by atoms with E-state index in [1.54, 1.807) is 0 Å². The average Bonchev–Trinajstić information content (AvgIpc) is 2.49. The van der Waals surface area contributed by atoms with Gasteiger partial charge in [0.05, 0.1) is 17.7 Å². The Labute approximate surface area is 141 Å². The van der Waals surface area contributed by atoms with Crippen LogP contribution in [0.4, 0.5) is 5.69 Å². The molecule has 0 spiro atoms. The highest BCUT2D eigenvalue weighted by Crippen LogP contribution is 2.31. The molecule has 0 saturated heterocycles. The van der Waals surface area contributed by atoms with Crippen LogP contribution in [0, 0.1) is 18.8 Å². The van der Waals surface area contributed by atoms with E-state index in [0.29, 0.717) is 18.1 Å². The molecule has 1 aromatic rings. The number of hydrogen-bond donors (Lipinski definition) is 0. The van der Waals surface area contributed by atoms with E-state index < -0.39 is 0 Å². The molecule has 4 nitrogen and oxygen atoms in total. The van der Waals surface area contributed by atoms with E-state index in [0.717, 1.165) is 29.6 Å². The maximum atomic E-state index is 6.14. The summed E-state index contributed by atoms with van der Waals surface area (Å²) in [5.74, 6) is 2.14. The Morgan fingerprint density at radius 2 is 2.04 bits per heavy atom. The zero-order valence-electron chi connectivity index (χ0n) is 15.4. The number of aliphatic imine (C=N–C) groups is 1. The molecule has 1 aliphatic rings. The topological polar surface area (TPSA) is 37.7 Å². The Bertz CT molecular complexity index is 541. The second-order valence-corrected chi connectivity index (χ2v) is 7.31. The average molecular weight is 317 g/mol.